The van der Waals surface area contributed by atoms with Crippen molar-refractivity contribution in [3.63, 3.8) is 0 Å². The van der Waals surface area contributed by atoms with Crippen molar-refractivity contribution in [1.29, 1.82) is 0 Å². The van der Waals surface area contributed by atoms with Gasteiger partial charge in [0.1, 0.15) is 0 Å². The molecule has 2 aromatic carbocycles. The Morgan fingerprint density at radius 1 is 1.07 bits per heavy atom. The summed E-state index contributed by atoms with van der Waals surface area (Å²) in [5.74, 6) is -0.715. The number of aryl methyl sites for hydroxylation is 2. The molecule has 3 rings (SSSR count). The van der Waals surface area contributed by atoms with Gasteiger partial charge in [0.2, 0.25) is 5.91 Å². The van der Waals surface area contributed by atoms with Gasteiger partial charge in [-0.15, -0.1) is 0 Å². The summed E-state index contributed by atoms with van der Waals surface area (Å²) in [6.07, 6.45) is 2.48. The van der Waals surface area contributed by atoms with Crippen molar-refractivity contribution in [2.24, 2.45) is 0 Å². The average molecular weight is 395 g/mol. The van der Waals surface area contributed by atoms with Crippen LogP contribution in [0.3, 0.4) is 0 Å². The molecule has 3 amide bonds. The first kappa shape index (κ1) is 20.4. The number of fused-ring (bicyclic) bond motifs is 1. The van der Waals surface area contributed by atoms with Crippen molar-refractivity contribution < 1.29 is 19.5 Å². The van der Waals surface area contributed by atoms with Gasteiger partial charge in [0.25, 0.3) is 0 Å². The number of carboxylic acids is 1. The van der Waals surface area contributed by atoms with Gasteiger partial charge in [-0.1, -0.05) is 19.1 Å². The van der Waals surface area contributed by atoms with Gasteiger partial charge in [-0.3, -0.25) is 9.59 Å². The van der Waals surface area contributed by atoms with Crippen molar-refractivity contribution in [3.05, 3.63) is 53.6 Å². The summed E-state index contributed by atoms with van der Waals surface area (Å²) in [6.45, 7) is 2.73. The molecule has 1 aliphatic rings. The molecule has 3 N–H and O–H groups in total. The molecule has 0 aromatic heterocycles. The minimum atomic E-state index is -0.854. The summed E-state index contributed by atoms with van der Waals surface area (Å²) >= 11 is 0. The smallest absolute Gasteiger partial charge is 0.323 e. The van der Waals surface area contributed by atoms with Crippen LogP contribution in [0.5, 0.6) is 0 Å². The van der Waals surface area contributed by atoms with E-state index in [4.69, 9.17) is 5.11 Å². The summed E-state index contributed by atoms with van der Waals surface area (Å²) in [5, 5.41) is 14.4. The van der Waals surface area contributed by atoms with Gasteiger partial charge >= 0.3 is 12.0 Å². The number of hydrogen-bond acceptors (Lipinski definition) is 3. The highest BCUT2D eigenvalue weighted by Gasteiger charge is 2.23. The normalized spacial score (nSPS) is 13.0. The maximum atomic E-state index is 12.4. The fourth-order valence-electron chi connectivity index (χ4n) is 3.46. The van der Waals surface area contributed by atoms with E-state index >= 15 is 0 Å². The maximum Gasteiger partial charge on any atom is 0.323 e. The standard InChI is InChI=1S/C22H25N3O4/c1-2-12-25-19-9-8-18(14-16(19)7-10-20(25)26)24-22(29)23-17-5-3-4-15(13-17)6-11-21(27)28/h3-5,8-9,13-14H,2,6-7,10-12H2,1H3,(H,27,28)(H2,23,24,29). The van der Waals surface area contributed by atoms with Crippen LogP contribution < -0.4 is 15.5 Å². The van der Waals surface area contributed by atoms with Crippen LogP contribution in [0.25, 0.3) is 0 Å². The highest BCUT2D eigenvalue weighted by molar-refractivity contribution is 6.01. The number of carboxylic acid groups (broad SMARTS) is 1. The van der Waals surface area contributed by atoms with Gasteiger partial charge in [-0.25, -0.2) is 4.79 Å². The average Bonchev–Trinajstić information content (AvgIpc) is 2.69. The van der Waals surface area contributed by atoms with E-state index in [1.165, 1.54) is 0 Å². The lowest BCUT2D eigenvalue weighted by atomic mass is 10.00. The molecule has 29 heavy (non-hydrogen) atoms. The third-order valence-corrected chi connectivity index (χ3v) is 4.80. The second kappa shape index (κ2) is 9.23. The van der Waals surface area contributed by atoms with E-state index < -0.39 is 5.97 Å². The van der Waals surface area contributed by atoms with Gasteiger partial charge in [-0.2, -0.15) is 0 Å². The predicted octanol–water partition coefficient (Wildman–Crippen LogP) is 4.04. The van der Waals surface area contributed by atoms with E-state index in [0.717, 1.165) is 23.2 Å². The van der Waals surface area contributed by atoms with Gasteiger partial charge in [-0.05, 0) is 60.7 Å². The van der Waals surface area contributed by atoms with Gasteiger partial charge in [0.15, 0.2) is 0 Å². The number of urea groups is 1. The van der Waals surface area contributed by atoms with Crippen molar-refractivity contribution in [2.75, 3.05) is 22.1 Å². The SMILES string of the molecule is CCCN1C(=O)CCc2cc(NC(=O)Nc3cccc(CCC(=O)O)c3)ccc21. The second-order valence-electron chi connectivity index (χ2n) is 7.06. The van der Waals surface area contributed by atoms with Crippen LogP contribution in [0.15, 0.2) is 42.5 Å². The van der Waals surface area contributed by atoms with Crippen molar-refractivity contribution >= 4 is 35.0 Å². The summed E-state index contributed by atoms with van der Waals surface area (Å²) in [6, 6.07) is 12.3. The lowest BCUT2D eigenvalue weighted by Crippen LogP contribution is -2.35. The molecule has 0 radical (unpaired) electrons. The second-order valence-corrected chi connectivity index (χ2v) is 7.06. The van der Waals surface area contributed by atoms with Crippen LogP contribution >= 0.6 is 0 Å². The van der Waals surface area contributed by atoms with E-state index in [1.54, 1.807) is 24.3 Å². The number of aliphatic carboxylic acids is 1. The van der Waals surface area contributed by atoms with Crippen molar-refractivity contribution in [2.45, 2.75) is 39.0 Å². The van der Waals surface area contributed by atoms with Crippen LogP contribution in [-0.4, -0.2) is 29.6 Å². The van der Waals surface area contributed by atoms with Crippen LogP contribution in [0.4, 0.5) is 21.9 Å². The summed E-state index contributed by atoms with van der Waals surface area (Å²) in [4.78, 5) is 37.0. The minimum absolute atomic E-state index is 0.0440. The molecule has 2 aromatic rings. The van der Waals surface area contributed by atoms with E-state index in [9.17, 15) is 14.4 Å². The summed E-state index contributed by atoms with van der Waals surface area (Å²) in [5.41, 5.74) is 4.07. The lowest BCUT2D eigenvalue weighted by molar-refractivity contribution is -0.137. The largest absolute Gasteiger partial charge is 0.481 e. The Hall–Kier alpha value is -3.35. The number of amides is 3. The molecule has 0 saturated heterocycles. The number of nitrogens with one attached hydrogen (secondary N) is 2. The van der Waals surface area contributed by atoms with E-state index in [2.05, 4.69) is 10.6 Å². The molecule has 7 nitrogen and oxygen atoms in total. The molecule has 0 spiro atoms. The first-order chi connectivity index (χ1) is 14.0. The number of hydrogen-bond donors (Lipinski definition) is 3. The van der Waals surface area contributed by atoms with Gasteiger partial charge in [0, 0.05) is 36.4 Å². The molecule has 1 heterocycles. The monoisotopic (exact) mass is 395 g/mol. The molecule has 0 fully saturated rings. The Morgan fingerprint density at radius 2 is 1.83 bits per heavy atom. The first-order valence-corrected chi connectivity index (χ1v) is 9.78. The molecule has 0 aliphatic carbocycles. The first-order valence-electron chi connectivity index (χ1n) is 9.78. The lowest BCUT2D eigenvalue weighted by Gasteiger charge is -2.29. The Labute approximate surface area is 169 Å². The molecule has 152 valence electrons. The Bertz CT molecular complexity index is 926. The number of nitrogens with zero attached hydrogens (tertiary/aromatic N) is 1. The topological polar surface area (TPSA) is 98.7 Å². The minimum Gasteiger partial charge on any atom is -0.481 e. The van der Waals surface area contributed by atoms with Crippen LogP contribution in [-0.2, 0) is 22.4 Å². The predicted molar refractivity (Wildman–Crippen MR) is 112 cm³/mol. The number of carbonyl (C=O) groups excluding carboxylic acids is 2. The Kier molecular flexibility index (Phi) is 6.49. The van der Waals surface area contributed by atoms with E-state index in [-0.39, 0.29) is 18.4 Å². The van der Waals surface area contributed by atoms with E-state index in [1.807, 2.05) is 30.0 Å². The van der Waals surface area contributed by atoms with Gasteiger partial charge in [0.05, 0.1) is 0 Å². The van der Waals surface area contributed by atoms with Crippen molar-refractivity contribution in [1.82, 2.24) is 0 Å². The van der Waals surface area contributed by atoms with Gasteiger partial charge < -0.3 is 20.6 Å². The zero-order chi connectivity index (χ0) is 20.8. The Morgan fingerprint density at radius 3 is 2.55 bits per heavy atom. The molecular formula is C22H25N3O4. The van der Waals surface area contributed by atoms with Crippen molar-refractivity contribution in [3.8, 4) is 0 Å². The Balaban J connectivity index is 1.65. The number of benzene rings is 2. The molecule has 7 heteroatoms. The molecule has 1 aliphatic heterocycles. The fraction of sp³-hybridized carbons (Fsp3) is 0.318. The quantitative estimate of drug-likeness (QED) is 0.659. The van der Waals surface area contributed by atoms with Crippen LogP contribution in [0, 0.1) is 0 Å². The zero-order valence-corrected chi connectivity index (χ0v) is 16.4. The number of rotatable bonds is 7. The van der Waals surface area contributed by atoms with E-state index in [0.29, 0.717) is 37.2 Å². The highest BCUT2D eigenvalue weighted by Crippen LogP contribution is 2.30. The van der Waals surface area contributed by atoms with Crippen LogP contribution in [0.2, 0.25) is 0 Å². The molecular weight excluding hydrogens is 370 g/mol. The third kappa shape index (κ3) is 5.34. The molecule has 0 atom stereocenters. The number of anilines is 3. The third-order valence-electron chi connectivity index (χ3n) is 4.80. The molecule has 0 saturated carbocycles. The summed E-state index contributed by atoms with van der Waals surface area (Å²) in [7, 11) is 0. The molecule has 0 unspecified atom stereocenters. The highest BCUT2D eigenvalue weighted by atomic mass is 16.4. The number of carbonyl (C=O) groups is 3. The fourth-order valence-corrected chi connectivity index (χ4v) is 3.46. The van der Waals surface area contributed by atoms with Crippen LogP contribution in [0.1, 0.15) is 37.3 Å². The zero-order valence-electron chi connectivity index (χ0n) is 16.4. The summed E-state index contributed by atoms with van der Waals surface area (Å²) < 4.78 is 0. The maximum absolute atomic E-state index is 12.4. The molecule has 0 bridgehead atoms.